The van der Waals surface area contributed by atoms with Gasteiger partial charge in [0.2, 0.25) is 0 Å². The number of hydrogen-bond donors (Lipinski definition) is 2. The summed E-state index contributed by atoms with van der Waals surface area (Å²) in [5, 5.41) is 12.3. The van der Waals surface area contributed by atoms with Crippen LogP contribution >= 0.6 is 0 Å². The minimum atomic E-state index is 0.110. The van der Waals surface area contributed by atoms with E-state index in [1.165, 1.54) is 6.42 Å². The lowest BCUT2D eigenvalue weighted by atomic mass is 10.1. The molecule has 0 heterocycles. The average Bonchev–Trinajstić information content (AvgIpc) is 2.26. The molecule has 14 heavy (non-hydrogen) atoms. The van der Waals surface area contributed by atoms with Crippen LogP contribution in [0.1, 0.15) is 25.8 Å². The quantitative estimate of drug-likeness (QED) is 0.753. The highest BCUT2D eigenvalue weighted by Crippen LogP contribution is 2.11. The van der Waals surface area contributed by atoms with Gasteiger partial charge in [-0.3, -0.25) is 0 Å². The molecule has 0 saturated carbocycles. The first-order chi connectivity index (χ1) is 6.76. The van der Waals surface area contributed by atoms with Crippen LogP contribution < -0.4 is 5.32 Å². The van der Waals surface area contributed by atoms with Crippen molar-refractivity contribution in [1.82, 2.24) is 0 Å². The molecule has 0 aliphatic heterocycles. The van der Waals surface area contributed by atoms with Crippen LogP contribution in [-0.4, -0.2) is 11.7 Å². The Hall–Kier alpha value is -1.02. The Labute approximate surface area is 86.0 Å². The van der Waals surface area contributed by atoms with E-state index in [-0.39, 0.29) is 6.61 Å². The minimum Gasteiger partial charge on any atom is -0.392 e. The number of benzene rings is 1. The predicted molar refractivity (Wildman–Crippen MR) is 60.3 cm³/mol. The molecule has 0 spiro atoms. The number of hydrogen-bond acceptors (Lipinski definition) is 2. The van der Waals surface area contributed by atoms with E-state index in [0.717, 1.165) is 17.8 Å². The lowest BCUT2D eigenvalue weighted by Gasteiger charge is -2.11. The van der Waals surface area contributed by atoms with Gasteiger partial charge in [0.25, 0.3) is 0 Å². The number of anilines is 1. The van der Waals surface area contributed by atoms with Crippen LogP contribution in [0, 0.1) is 5.92 Å². The number of nitrogens with one attached hydrogen (secondary N) is 1. The highest BCUT2D eigenvalue weighted by Gasteiger charge is 1.98. The second-order valence-corrected chi connectivity index (χ2v) is 3.75. The summed E-state index contributed by atoms with van der Waals surface area (Å²) in [6, 6.07) is 7.91. The van der Waals surface area contributed by atoms with E-state index in [1.54, 1.807) is 0 Å². The van der Waals surface area contributed by atoms with E-state index in [4.69, 9.17) is 5.11 Å². The van der Waals surface area contributed by atoms with Gasteiger partial charge in [0.15, 0.2) is 0 Å². The minimum absolute atomic E-state index is 0.110. The lowest BCUT2D eigenvalue weighted by molar-refractivity contribution is 0.282. The summed E-state index contributed by atoms with van der Waals surface area (Å²) in [7, 11) is 0. The topological polar surface area (TPSA) is 32.3 Å². The number of rotatable bonds is 5. The summed E-state index contributed by atoms with van der Waals surface area (Å²) in [4.78, 5) is 0. The van der Waals surface area contributed by atoms with Crippen molar-refractivity contribution in [2.24, 2.45) is 5.92 Å². The monoisotopic (exact) mass is 193 g/mol. The first-order valence-electron chi connectivity index (χ1n) is 5.20. The molecule has 1 rings (SSSR count). The molecule has 1 aromatic carbocycles. The normalized spacial score (nSPS) is 12.5. The first-order valence-corrected chi connectivity index (χ1v) is 5.20. The number of aliphatic hydroxyl groups is 1. The summed E-state index contributed by atoms with van der Waals surface area (Å²) in [5.74, 6) is 0.688. The lowest BCUT2D eigenvalue weighted by Crippen LogP contribution is -2.10. The SMILES string of the molecule is CC[C@@H](C)CNc1cccc(CO)c1. The Balaban J connectivity index is 2.50. The molecule has 78 valence electrons. The predicted octanol–water partition coefficient (Wildman–Crippen LogP) is 2.64. The van der Waals surface area contributed by atoms with Gasteiger partial charge in [0.05, 0.1) is 6.61 Å². The third-order valence-electron chi connectivity index (χ3n) is 2.46. The van der Waals surface area contributed by atoms with E-state index in [9.17, 15) is 0 Å². The van der Waals surface area contributed by atoms with Crippen molar-refractivity contribution in [2.45, 2.75) is 26.9 Å². The maximum absolute atomic E-state index is 8.96. The second kappa shape index (κ2) is 5.66. The van der Waals surface area contributed by atoms with Crippen molar-refractivity contribution in [3.8, 4) is 0 Å². The van der Waals surface area contributed by atoms with E-state index >= 15 is 0 Å². The standard InChI is InChI=1S/C12H19NO/c1-3-10(2)8-13-12-6-4-5-11(7-12)9-14/h4-7,10,13-14H,3,8-9H2,1-2H3/t10-/m1/s1. The molecule has 0 bridgehead atoms. The van der Waals surface area contributed by atoms with Crippen molar-refractivity contribution < 1.29 is 5.11 Å². The van der Waals surface area contributed by atoms with Crippen molar-refractivity contribution in [3.05, 3.63) is 29.8 Å². The second-order valence-electron chi connectivity index (χ2n) is 3.75. The molecular formula is C12H19NO. The maximum atomic E-state index is 8.96. The van der Waals surface area contributed by atoms with Gasteiger partial charge in [0.1, 0.15) is 0 Å². The van der Waals surface area contributed by atoms with Crippen LogP contribution in [0.25, 0.3) is 0 Å². The molecule has 0 amide bonds. The Kier molecular flexibility index (Phi) is 4.47. The van der Waals surface area contributed by atoms with Crippen LogP contribution in [0.2, 0.25) is 0 Å². The van der Waals surface area contributed by atoms with Crippen LogP contribution in [0.3, 0.4) is 0 Å². The molecule has 0 aliphatic carbocycles. The molecule has 0 fully saturated rings. The van der Waals surface area contributed by atoms with Crippen molar-refractivity contribution >= 4 is 5.69 Å². The zero-order valence-corrected chi connectivity index (χ0v) is 8.96. The molecular weight excluding hydrogens is 174 g/mol. The molecule has 0 saturated heterocycles. The molecule has 0 unspecified atom stereocenters. The first kappa shape index (κ1) is 11.1. The summed E-state index contributed by atoms with van der Waals surface area (Å²) in [6.07, 6.45) is 1.19. The molecule has 1 atom stereocenters. The molecule has 2 N–H and O–H groups in total. The zero-order valence-electron chi connectivity index (χ0n) is 8.96. The average molecular weight is 193 g/mol. The van der Waals surface area contributed by atoms with Gasteiger partial charge in [-0.25, -0.2) is 0 Å². The third-order valence-corrected chi connectivity index (χ3v) is 2.46. The summed E-state index contributed by atoms with van der Waals surface area (Å²) >= 11 is 0. The Morgan fingerprint density at radius 2 is 2.21 bits per heavy atom. The summed E-state index contributed by atoms with van der Waals surface area (Å²) in [5.41, 5.74) is 2.05. The molecule has 0 aromatic heterocycles. The van der Waals surface area contributed by atoms with Gasteiger partial charge >= 0.3 is 0 Å². The fraction of sp³-hybridized carbons (Fsp3) is 0.500. The van der Waals surface area contributed by atoms with Crippen LogP contribution in [0.4, 0.5) is 5.69 Å². The molecule has 0 radical (unpaired) electrons. The highest BCUT2D eigenvalue weighted by atomic mass is 16.3. The Bertz CT molecular complexity index is 273. The molecule has 2 heteroatoms. The van der Waals surface area contributed by atoms with Gasteiger partial charge in [-0.1, -0.05) is 32.4 Å². The molecule has 0 aliphatic rings. The smallest absolute Gasteiger partial charge is 0.0682 e. The molecule has 1 aromatic rings. The molecule has 2 nitrogen and oxygen atoms in total. The van der Waals surface area contributed by atoms with E-state index in [2.05, 4.69) is 19.2 Å². The van der Waals surface area contributed by atoms with Crippen molar-refractivity contribution in [3.63, 3.8) is 0 Å². The zero-order chi connectivity index (χ0) is 10.4. The fourth-order valence-electron chi connectivity index (χ4n) is 1.22. The summed E-state index contributed by atoms with van der Waals surface area (Å²) in [6.45, 7) is 5.52. The maximum Gasteiger partial charge on any atom is 0.0682 e. The van der Waals surface area contributed by atoms with Gasteiger partial charge in [-0.05, 0) is 23.6 Å². The largest absolute Gasteiger partial charge is 0.392 e. The van der Waals surface area contributed by atoms with Crippen LogP contribution in [0.15, 0.2) is 24.3 Å². The van der Waals surface area contributed by atoms with Crippen molar-refractivity contribution in [1.29, 1.82) is 0 Å². The third kappa shape index (κ3) is 3.38. The highest BCUT2D eigenvalue weighted by molar-refractivity contribution is 5.45. The van der Waals surface area contributed by atoms with Gasteiger partial charge in [-0.2, -0.15) is 0 Å². The van der Waals surface area contributed by atoms with E-state index < -0.39 is 0 Å². The van der Waals surface area contributed by atoms with E-state index in [0.29, 0.717) is 5.92 Å². The fourth-order valence-corrected chi connectivity index (χ4v) is 1.22. The van der Waals surface area contributed by atoms with Gasteiger partial charge in [0, 0.05) is 12.2 Å². The Morgan fingerprint density at radius 3 is 2.86 bits per heavy atom. The van der Waals surface area contributed by atoms with Crippen LogP contribution in [0.5, 0.6) is 0 Å². The Morgan fingerprint density at radius 1 is 1.43 bits per heavy atom. The van der Waals surface area contributed by atoms with Crippen molar-refractivity contribution in [2.75, 3.05) is 11.9 Å². The van der Waals surface area contributed by atoms with Gasteiger partial charge < -0.3 is 10.4 Å². The number of aliphatic hydroxyl groups excluding tert-OH is 1. The van der Waals surface area contributed by atoms with E-state index in [1.807, 2.05) is 24.3 Å². The van der Waals surface area contributed by atoms with Gasteiger partial charge in [-0.15, -0.1) is 0 Å². The summed E-state index contributed by atoms with van der Waals surface area (Å²) < 4.78 is 0. The van der Waals surface area contributed by atoms with Crippen LogP contribution in [-0.2, 0) is 6.61 Å².